The number of carbonyl (C=O) groups is 4. The summed E-state index contributed by atoms with van der Waals surface area (Å²) in [5.41, 5.74) is -0.302. The maximum absolute atomic E-state index is 13.0. The molecule has 1 aliphatic rings. The third-order valence-corrected chi connectivity index (χ3v) is 6.11. The Morgan fingerprint density at radius 1 is 1.22 bits per heavy atom. The number of carbonyl (C=O) groups excluding carboxylic acids is 4. The number of urea groups is 1. The summed E-state index contributed by atoms with van der Waals surface area (Å²) in [5, 5.41) is 7.38. The van der Waals surface area contributed by atoms with Crippen LogP contribution in [0.4, 0.5) is 9.80 Å². The van der Waals surface area contributed by atoms with E-state index in [2.05, 4.69) is 10.6 Å². The lowest BCUT2D eigenvalue weighted by molar-refractivity contribution is -0.134. The quantitative estimate of drug-likeness (QED) is 0.408. The second kappa shape index (κ2) is 9.99. The lowest BCUT2D eigenvalue weighted by atomic mass is 9.88. The van der Waals surface area contributed by atoms with Gasteiger partial charge in [-0.25, -0.2) is 9.59 Å². The zero-order chi connectivity index (χ0) is 23.3. The summed E-state index contributed by atoms with van der Waals surface area (Å²) in [4.78, 5) is 51.8. The monoisotopic (exact) mass is 461 g/mol. The van der Waals surface area contributed by atoms with Crippen LogP contribution in [0, 0.1) is 0 Å². The average Bonchev–Trinajstić information content (AvgIpc) is 3.45. The standard InChI is InChI=1S/C22H27N3O6S/c1-4-9-22(10-5-2)20(28)25(21(29)24-22)12-16(26)23-18-17(19(27)30-6-3)14(13-32-18)15-8-7-11-31-15/h7-8,11,13H,4-6,9-10,12H2,1-3H3,(H,23,26)(H,24,29). The maximum atomic E-state index is 13.0. The Labute approximate surface area is 190 Å². The van der Waals surface area contributed by atoms with Crippen LogP contribution in [0.25, 0.3) is 11.3 Å². The first-order valence-corrected chi connectivity index (χ1v) is 11.5. The molecule has 0 radical (unpaired) electrons. The molecular formula is C22H27N3O6S. The van der Waals surface area contributed by atoms with Crippen LogP contribution >= 0.6 is 11.3 Å². The Morgan fingerprint density at radius 3 is 2.53 bits per heavy atom. The number of imide groups is 1. The fourth-order valence-corrected chi connectivity index (χ4v) is 4.87. The van der Waals surface area contributed by atoms with Gasteiger partial charge in [-0.15, -0.1) is 11.3 Å². The molecule has 2 aromatic heterocycles. The van der Waals surface area contributed by atoms with Gasteiger partial charge in [0.05, 0.1) is 12.9 Å². The summed E-state index contributed by atoms with van der Waals surface area (Å²) in [5.74, 6) is -1.12. The molecule has 10 heteroatoms. The Morgan fingerprint density at radius 2 is 1.94 bits per heavy atom. The molecule has 0 bridgehead atoms. The molecule has 1 saturated heterocycles. The molecule has 2 N–H and O–H groups in total. The van der Waals surface area contributed by atoms with Crippen LogP contribution in [0.5, 0.6) is 0 Å². The third kappa shape index (κ3) is 4.55. The number of amides is 4. The predicted molar refractivity (Wildman–Crippen MR) is 119 cm³/mol. The highest BCUT2D eigenvalue weighted by Gasteiger charge is 2.50. The van der Waals surface area contributed by atoms with Crippen molar-refractivity contribution in [2.45, 2.75) is 52.0 Å². The molecule has 3 rings (SSSR count). The van der Waals surface area contributed by atoms with Crippen molar-refractivity contribution in [2.75, 3.05) is 18.5 Å². The Kier molecular flexibility index (Phi) is 7.34. The summed E-state index contributed by atoms with van der Waals surface area (Å²) in [6.07, 6.45) is 3.94. The van der Waals surface area contributed by atoms with Crippen molar-refractivity contribution >= 4 is 40.2 Å². The van der Waals surface area contributed by atoms with Crippen molar-refractivity contribution in [1.29, 1.82) is 0 Å². The predicted octanol–water partition coefficient (Wildman–Crippen LogP) is 4.01. The van der Waals surface area contributed by atoms with Gasteiger partial charge in [0, 0.05) is 10.9 Å². The van der Waals surface area contributed by atoms with Gasteiger partial charge in [-0.2, -0.15) is 0 Å². The van der Waals surface area contributed by atoms with Crippen molar-refractivity contribution in [3.8, 4) is 11.3 Å². The van der Waals surface area contributed by atoms with Gasteiger partial charge in [-0.3, -0.25) is 14.5 Å². The van der Waals surface area contributed by atoms with Crippen molar-refractivity contribution in [2.24, 2.45) is 0 Å². The number of thiophene rings is 1. The van der Waals surface area contributed by atoms with Gasteiger partial charge in [-0.05, 0) is 31.9 Å². The molecule has 9 nitrogen and oxygen atoms in total. The molecule has 4 amide bonds. The van der Waals surface area contributed by atoms with E-state index in [1.54, 1.807) is 24.4 Å². The minimum Gasteiger partial charge on any atom is -0.464 e. The topological polar surface area (TPSA) is 118 Å². The van der Waals surface area contributed by atoms with E-state index < -0.39 is 35.9 Å². The molecule has 0 atom stereocenters. The van der Waals surface area contributed by atoms with Crippen LogP contribution in [0.3, 0.4) is 0 Å². The number of nitrogens with one attached hydrogen (secondary N) is 2. The van der Waals surface area contributed by atoms with E-state index in [4.69, 9.17) is 9.15 Å². The number of hydrogen-bond donors (Lipinski definition) is 2. The number of hydrogen-bond acceptors (Lipinski definition) is 7. The molecule has 0 spiro atoms. The molecule has 0 saturated carbocycles. The molecule has 1 aliphatic heterocycles. The number of ether oxygens (including phenoxy) is 1. The molecule has 32 heavy (non-hydrogen) atoms. The second-order valence-electron chi connectivity index (χ2n) is 7.50. The zero-order valence-corrected chi connectivity index (χ0v) is 19.2. The van der Waals surface area contributed by atoms with Crippen LogP contribution in [0.15, 0.2) is 28.2 Å². The summed E-state index contributed by atoms with van der Waals surface area (Å²) in [6, 6.07) is 2.81. The van der Waals surface area contributed by atoms with E-state index in [1.807, 2.05) is 13.8 Å². The SMILES string of the molecule is CCCC1(CCC)NC(=O)N(CC(=O)Nc2scc(-c3ccco3)c2C(=O)OCC)C1=O. The van der Waals surface area contributed by atoms with Gasteiger partial charge in [0.1, 0.15) is 28.4 Å². The van der Waals surface area contributed by atoms with Crippen molar-refractivity contribution in [1.82, 2.24) is 10.2 Å². The van der Waals surface area contributed by atoms with E-state index >= 15 is 0 Å². The number of furan rings is 1. The van der Waals surface area contributed by atoms with Crippen LogP contribution in [-0.2, 0) is 14.3 Å². The van der Waals surface area contributed by atoms with Gasteiger partial charge in [-0.1, -0.05) is 26.7 Å². The number of anilines is 1. The first-order valence-electron chi connectivity index (χ1n) is 10.6. The molecular weight excluding hydrogens is 434 g/mol. The summed E-state index contributed by atoms with van der Waals surface area (Å²) < 4.78 is 10.5. The van der Waals surface area contributed by atoms with Crippen LogP contribution in [0.2, 0.25) is 0 Å². The largest absolute Gasteiger partial charge is 0.464 e. The Balaban J connectivity index is 1.80. The van der Waals surface area contributed by atoms with Crippen LogP contribution in [-0.4, -0.2) is 47.4 Å². The highest BCUT2D eigenvalue weighted by molar-refractivity contribution is 7.15. The van der Waals surface area contributed by atoms with E-state index in [0.717, 1.165) is 29.1 Å². The van der Waals surface area contributed by atoms with Crippen LogP contribution < -0.4 is 10.6 Å². The van der Waals surface area contributed by atoms with Gasteiger partial charge >= 0.3 is 12.0 Å². The number of nitrogens with zero attached hydrogens (tertiary/aromatic N) is 1. The second-order valence-corrected chi connectivity index (χ2v) is 8.38. The van der Waals surface area contributed by atoms with Crippen molar-refractivity contribution in [3.63, 3.8) is 0 Å². The third-order valence-electron chi connectivity index (χ3n) is 5.21. The fourth-order valence-electron chi connectivity index (χ4n) is 3.92. The smallest absolute Gasteiger partial charge is 0.341 e. The van der Waals surface area contributed by atoms with Crippen LogP contribution in [0.1, 0.15) is 56.8 Å². The molecule has 0 unspecified atom stereocenters. The van der Waals surface area contributed by atoms with E-state index in [-0.39, 0.29) is 17.2 Å². The highest BCUT2D eigenvalue weighted by atomic mass is 32.1. The highest BCUT2D eigenvalue weighted by Crippen LogP contribution is 2.36. The minimum atomic E-state index is -0.966. The first kappa shape index (κ1) is 23.5. The van der Waals surface area contributed by atoms with E-state index in [9.17, 15) is 19.2 Å². The molecule has 3 heterocycles. The Bertz CT molecular complexity index is 991. The average molecular weight is 462 g/mol. The van der Waals surface area contributed by atoms with Crippen molar-refractivity contribution in [3.05, 3.63) is 29.3 Å². The molecule has 0 aromatic carbocycles. The number of rotatable bonds is 10. The maximum Gasteiger partial charge on any atom is 0.341 e. The normalized spacial score (nSPS) is 15.0. The lowest BCUT2D eigenvalue weighted by Crippen LogP contribution is -2.47. The zero-order valence-electron chi connectivity index (χ0n) is 18.4. The molecule has 1 fully saturated rings. The summed E-state index contributed by atoms with van der Waals surface area (Å²) >= 11 is 1.14. The summed E-state index contributed by atoms with van der Waals surface area (Å²) in [7, 11) is 0. The first-order chi connectivity index (χ1) is 15.4. The minimum absolute atomic E-state index is 0.166. The van der Waals surface area contributed by atoms with Crippen molar-refractivity contribution < 1.29 is 28.3 Å². The fraction of sp³-hybridized carbons (Fsp3) is 0.455. The van der Waals surface area contributed by atoms with Gasteiger partial charge in [0.15, 0.2) is 0 Å². The van der Waals surface area contributed by atoms with Gasteiger partial charge in [0.2, 0.25) is 5.91 Å². The van der Waals surface area contributed by atoms with E-state index in [1.165, 1.54) is 6.26 Å². The molecule has 0 aliphatic carbocycles. The van der Waals surface area contributed by atoms with Gasteiger partial charge < -0.3 is 19.8 Å². The summed E-state index contributed by atoms with van der Waals surface area (Å²) in [6.45, 7) is 5.29. The molecule has 2 aromatic rings. The van der Waals surface area contributed by atoms with E-state index in [0.29, 0.717) is 24.2 Å². The van der Waals surface area contributed by atoms with Gasteiger partial charge in [0.25, 0.3) is 5.91 Å². The lowest BCUT2D eigenvalue weighted by Gasteiger charge is -2.25. The Hall–Kier alpha value is -3.14. The molecule has 172 valence electrons. The number of esters is 1.